The summed E-state index contributed by atoms with van der Waals surface area (Å²) in [6.07, 6.45) is 0. The first-order chi connectivity index (χ1) is 11.6. The molecule has 0 atom stereocenters. The number of rotatable bonds is 2. The van der Waals surface area contributed by atoms with Crippen molar-refractivity contribution in [1.29, 1.82) is 0 Å². The van der Waals surface area contributed by atoms with Crippen LogP contribution in [0.25, 0.3) is 11.3 Å². The third-order valence-corrected chi connectivity index (χ3v) is 4.11. The van der Waals surface area contributed by atoms with Crippen molar-refractivity contribution in [2.45, 2.75) is 6.61 Å². The molecule has 1 aliphatic heterocycles. The predicted molar refractivity (Wildman–Crippen MR) is 87.5 cm³/mol. The van der Waals surface area contributed by atoms with Gasteiger partial charge < -0.3 is 9.64 Å². The fourth-order valence-corrected chi connectivity index (χ4v) is 2.79. The van der Waals surface area contributed by atoms with Crippen LogP contribution >= 0.6 is 0 Å². The number of nitrogens with one attached hydrogen (secondary N) is 1. The highest BCUT2D eigenvalue weighted by atomic mass is 19.1. The molecule has 120 valence electrons. The van der Waals surface area contributed by atoms with Crippen LogP contribution in [0.1, 0.15) is 16.1 Å². The van der Waals surface area contributed by atoms with Crippen LogP contribution in [0, 0.1) is 5.82 Å². The number of ether oxygens (including phenoxy) is 1. The highest BCUT2D eigenvalue weighted by molar-refractivity contribution is 6.06. The van der Waals surface area contributed by atoms with Crippen molar-refractivity contribution in [3.8, 4) is 17.0 Å². The van der Waals surface area contributed by atoms with E-state index in [9.17, 15) is 9.18 Å². The number of hydrogen-bond donors (Lipinski definition) is 1. The van der Waals surface area contributed by atoms with Crippen LogP contribution in [0.15, 0.2) is 48.5 Å². The summed E-state index contributed by atoms with van der Waals surface area (Å²) in [6, 6.07) is 13.3. The molecule has 0 unspecified atom stereocenters. The van der Waals surface area contributed by atoms with E-state index in [0.717, 1.165) is 22.6 Å². The molecule has 24 heavy (non-hydrogen) atoms. The number of carbonyl (C=O) groups excluding carboxylic acids is 1. The lowest BCUT2D eigenvalue weighted by atomic mass is 10.0. The average molecular weight is 323 g/mol. The Morgan fingerprint density at radius 1 is 1.21 bits per heavy atom. The van der Waals surface area contributed by atoms with Crippen molar-refractivity contribution in [2.24, 2.45) is 0 Å². The Kier molecular flexibility index (Phi) is 3.30. The summed E-state index contributed by atoms with van der Waals surface area (Å²) >= 11 is 0. The molecular weight excluding hydrogens is 309 g/mol. The number of anilines is 1. The van der Waals surface area contributed by atoms with Gasteiger partial charge in [-0.15, -0.1) is 0 Å². The quantitative estimate of drug-likeness (QED) is 0.786. The van der Waals surface area contributed by atoms with Crippen LogP contribution in [0.4, 0.5) is 10.1 Å². The monoisotopic (exact) mass is 323 g/mol. The Morgan fingerprint density at radius 3 is 2.75 bits per heavy atom. The normalized spacial score (nSPS) is 12.1. The van der Waals surface area contributed by atoms with E-state index in [0.29, 0.717) is 11.4 Å². The van der Waals surface area contributed by atoms with Gasteiger partial charge >= 0.3 is 0 Å². The number of H-pyrrole nitrogens is 1. The number of benzene rings is 2. The van der Waals surface area contributed by atoms with Gasteiger partial charge in [0.25, 0.3) is 5.91 Å². The lowest BCUT2D eigenvalue weighted by Gasteiger charge is -2.19. The summed E-state index contributed by atoms with van der Waals surface area (Å²) in [4.78, 5) is 14.2. The predicted octanol–water partition coefficient (Wildman–Crippen LogP) is 3.38. The van der Waals surface area contributed by atoms with Crippen LogP contribution in [0.3, 0.4) is 0 Å². The number of halogens is 1. The molecule has 3 aromatic rings. The van der Waals surface area contributed by atoms with Gasteiger partial charge in [-0.3, -0.25) is 9.89 Å². The van der Waals surface area contributed by atoms with E-state index < -0.39 is 0 Å². The maximum atomic E-state index is 13.1. The number of hydrogen-bond acceptors (Lipinski definition) is 3. The summed E-state index contributed by atoms with van der Waals surface area (Å²) in [5.74, 6) is 0.157. The SMILES string of the molecule is CN(C(=O)c1[nH]nc2c1COc1ccccc1-2)c1ccc(F)cc1. The van der Waals surface area contributed by atoms with Gasteiger partial charge in [0.1, 0.15) is 29.6 Å². The van der Waals surface area contributed by atoms with Gasteiger partial charge in [0.05, 0.1) is 0 Å². The molecule has 1 aliphatic rings. The van der Waals surface area contributed by atoms with Gasteiger partial charge in [0.2, 0.25) is 0 Å². The Balaban J connectivity index is 1.70. The number of aromatic nitrogens is 2. The molecule has 2 heterocycles. The molecule has 2 aromatic carbocycles. The number of carbonyl (C=O) groups is 1. The molecule has 1 amide bonds. The molecule has 0 spiro atoms. The summed E-state index contributed by atoms with van der Waals surface area (Å²) in [7, 11) is 1.64. The molecule has 6 heteroatoms. The van der Waals surface area contributed by atoms with Crippen molar-refractivity contribution in [3.63, 3.8) is 0 Å². The molecule has 1 N–H and O–H groups in total. The first-order valence-electron chi connectivity index (χ1n) is 7.48. The van der Waals surface area contributed by atoms with Gasteiger partial charge in [-0.2, -0.15) is 5.10 Å². The molecule has 4 rings (SSSR count). The lowest BCUT2D eigenvalue weighted by Crippen LogP contribution is -2.28. The van der Waals surface area contributed by atoms with Crippen molar-refractivity contribution in [1.82, 2.24) is 10.2 Å². The molecule has 0 radical (unpaired) electrons. The Morgan fingerprint density at radius 2 is 1.96 bits per heavy atom. The minimum absolute atomic E-state index is 0.252. The van der Waals surface area contributed by atoms with Crippen molar-refractivity contribution in [3.05, 3.63) is 65.6 Å². The molecular formula is C18H14FN3O2. The molecule has 5 nitrogen and oxygen atoms in total. The fourth-order valence-electron chi connectivity index (χ4n) is 2.79. The zero-order valence-electron chi connectivity index (χ0n) is 12.9. The number of fused-ring (bicyclic) bond motifs is 3. The molecule has 0 saturated heterocycles. The van der Waals surface area contributed by atoms with E-state index in [-0.39, 0.29) is 18.3 Å². The third kappa shape index (κ3) is 2.23. The molecule has 0 aliphatic carbocycles. The molecule has 1 aromatic heterocycles. The summed E-state index contributed by atoms with van der Waals surface area (Å²) < 4.78 is 18.8. The minimum Gasteiger partial charge on any atom is -0.488 e. The summed E-state index contributed by atoms with van der Waals surface area (Å²) in [5.41, 5.74) is 3.30. The Hall–Kier alpha value is -3.15. The third-order valence-electron chi connectivity index (χ3n) is 4.11. The van der Waals surface area contributed by atoms with E-state index >= 15 is 0 Å². The van der Waals surface area contributed by atoms with Crippen LogP contribution < -0.4 is 9.64 Å². The number of nitrogens with zero attached hydrogens (tertiary/aromatic N) is 2. The average Bonchev–Trinajstić information content (AvgIpc) is 3.05. The number of amides is 1. The van der Waals surface area contributed by atoms with Gasteiger partial charge in [-0.05, 0) is 36.4 Å². The summed E-state index contributed by atoms with van der Waals surface area (Å²) in [5, 5.41) is 7.12. The maximum absolute atomic E-state index is 13.1. The van der Waals surface area contributed by atoms with Gasteiger partial charge in [0.15, 0.2) is 0 Å². The Labute approximate surface area is 137 Å². The van der Waals surface area contributed by atoms with Crippen LogP contribution in [0.5, 0.6) is 5.75 Å². The number of para-hydroxylation sites is 1. The van der Waals surface area contributed by atoms with Crippen molar-refractivity contribution < 1.29 is 13.9 Å². The molecule has 0 fully saturated rings. The number of aromatic amines is 1. The minimum atomic E-state index is -0.344. The maximum Gasteiger partial charge on any atom is 0.276 e. The van der Waals surface area contributed by atoms with E-state index in [2.05, 4.69) is 10.2 Å². The standard InChI is InChI=1S/C18H14FN3O2/c1-22(12-8-6-11(19)7-9-12)18(23)17-14-10-24-15-5-3-2-4-13(15)16(14)20-21-17/h2-9H,10H2,1H3,(H,20,21). The zero-order valence-corrected chi connectivity index (χ0v) is 12.9. The first-order valence-corrected chi connectivity index (χ1v) is 7.48. The van der Waals surface area contributed by atoms with Gasteiger partial charge in [-0.25, -0.2) is 4.39 Å². The van der Waals surface area contributed by atoms with E-state index in [1.165, 1.54) is 17.0 Å². The Bertz CT molecular complexity index is 918. The topological polar surface area (TPSA) is 58.2 Å². The second-order valence-electron chi connectivity index (χ2n) is 5.55. The zero-order chi connectivity index (χ0) is 16.7. The van der Waals surface area contributed by atoms with Gasteiger partial charge in [-0.1, -0.05) is 12.1 Å². The second-order valence-corrected chi connectivity index (χ2v) is 5.55. The van der Waals surface area contributed by atoms with E-state index in [4.69, 9.17) is 4.74 Å². The fraction of sp³-hybridized carbons (Fsp3) is 0.111. The largest absolute Gasteiger partial charge is 0.488 e. The molecule has 0 saturated carbocycles. The summed E-state index contributed by atoms with van der Waals surface area (Å²) in [6.45, 7) is 0.279. The van der Waals surface area contributed by atoms with E-state index in [1.54, 1.807) is 19.2 Å². The van der Waals surface area contributed by atoms with Crippen LogP contribution in [0.2, 0.25) is 0 Å². The van der Waals surface area contributed by atoms with Crippen molar-refractivity contribution in [2.75, 3.05) is 11.9 Å². The van der Waals surface area contributed by atoms with Crippen LogP contribution in [-0.4, -0.2) is 23.2 Å². The molecule has 0 bridgehead atoms. The highest BCUT2D eigenvalue weighted by Gasteiger charge is 2.28. The van der Waals surface area contributed by atoms with E-state index in [1.807, 2.05) is 24.3 Å². The van der Waals surface area contributed by atoms with Crippen molar-refractivity contribution >= 4 is 11.6 Å². The smallest absolute Gasteiger partial charge is 0.276 e. The second kappa shape index (κ2) is 5.49. The highest BCUT2D eigenvalue weighted by Crippen LogP contribution is 2.37. The first kappa shape index (κ1) is 14.4. The van der Waals surface area contributed by atoms with Crippen LogP contribution in [-0.2, 0) is 6.61 Å². The lowest BCUT2D eigenvalue weighted by molar-refractivity contribution is 0.0985. The van der Waals surface area contributed by atoms with Gasteiger partial charge in [0, 0.05) is 23.9 Å².